The number of phosphoric ester groups is 2. The molecule has 0 aromatic rings. The number of carbonyl (C=O) groups excluding carboxylic acids is 4. The van der Waals surface area contributed by atoms with Crippen LogP contribution in [0.2, 0.25) is 0 Å². The molecular formula is C82H160O17P2. The van der Waals surface area contributed by atoms with E-state index < -0.39 is 97.5 Å². The second-order valence-electron chi connectivity index (χ2n) is 30.9. The number of unbranched alkanes of at least 4 members (excludes halogenated alkanes) is 48. The number of rotatable bonds is 80. The van der Waals surface area contributed by atoms with Gasteiger partial charge < -0.3 is 33.8 Å². The molecule has 0 fully saturated rings. The van der Waals surface area contributed by atoms with Crippen LogP contribution in [0.3, 0.4) is 0 Å². The average molecular weight is 1480 g/mol. The minimum absolute atomic E-state index is 0.105. The van der Waals surface area contributed by atoms with Crippen molar-refractivity contribution in [3.8, 4) is 0 Å². The van der Waals surface area contributed by atoms with E-state index in [1.807, 2.05) is 0 Å². The fourth-order valence-electron chi connectivity index (χ4n) is 12.7. The van der Waals surface area contributed by atoms with Gasteiger partial charge in [-0.05, 0) is 43.4 Å². The van der Waals surface area contributed by atoms with E-state index in [9.17, 15) is 43.2 Å². The predicted molar refractivity (Wildman–Crippen MR) is 414 cm³/mol. The van der Waals surface area contributed by atoms with Crippen molar-refractivity contribution in [3.05, 3.63) is 0 Å². The van der Waals surface area contributed by atoms with Crippen molar-refractivity contribution in [1.29, 1.82) is 0 Å². The molecule has 0 rings (SSSR count). The molecule has 0 radical (unpaired) electrons. The molecule has 0 amide bonds. The van der Waals surface area contributed by atoms with Crippen LogP contribution < -0.4 is 0 Å². The van der Waals surface area contributed by atoms with Gasteiger partial charge in [0.15, 0.2) is 12.2 Å². The van der Waals surface area contributed by atoms with E-state index in [0.717, 1.165) is 108 Å². The van der Waals surface area contributed by atoms with Crippen molar-refractivity contribution in [2.24, 2.45) is 17.8 Å². The third-order valence-corrected chi connectivity index (χ3v) is 21.0. The molecule has 600 valence electrons. The average Bonchev–Trinajstić information content (AvgIpc) is 0.931. The zero-order valence-electron chi connectivity index (χ0n) is 66.4. The molecular weight excluding hydrogens is 1320 g/mol. The van der Waals surface area contributed by atoms with E-state index in [2.05, 4.69) is 48.5 Å². The molecule has 0 heterocycles. The number of hydrogen-bond acceptors (Lipinski definition) is 15. The highest BCUT2D eigenvalue weighted by molar-refractivity contribution is 7.47. The maximum absolute atomic E-state index is 13.1. The van der Waals surface area contributed by atoms with Crippen LogP contribution in [0.25, 0.3) is 0 Å². The molecule has 0 aliphatic carbocycles. The lowest BCUT2D eigenvalue weighted by Gasteiger charge is -2.21. The first-order valence-electron chi connectivity index (χ1n) is 42.3. The van der Waals surface area contributed by atoms with Gasteiger partial charge in [0.25, 0.3) is 0 Å². The number of esters is 4. The van der Waals surface area contributed by atoms with Gasteiger partial charge in [-0.15, -0.1) is 0 Å². The highest BCUT2D eigenvalue weighted by Crippen LogP contribution is 2.45. The third kappa shape index (κ3) is 76.1. The lowest BCUT2D eigenvalue weighted by atomic mass is 10.0. The first-order valence-corrected chi connectivity index (χ1v) is 45.3. The fourth-order valence-corrected chi connectivity index (χ4v) is 14.2. The van der Waals surface area contributed by atoms with E-state index in [4.69, 9.17) is 37.0 Å². The quantitative estimate of drug-likeness (QED) is 0.0222. The number of aliphatic hydroxyl groups is 1. The largest absolute Gasteiger partial charge is 0.472 e. The van der Waals surface area contributed by atoms with Crippen LogP contribution in [0.15, 0.2) is 0 Å². The normalized spacial score (nSPS) is 14.0. The van der Waals surface area contributed by atoms with Gasteiger partial charge in [0.2, 0.25) is 0 Å². The summed E-state index contributed by atoms with van der Waals surface area (Å²) < 4.78 is 68.7. The van der Waals surface area contributed by atoms with Crippen molar-refractivity contribution >= 4 is 39.5 Å². The van der Waals surface area contributed by atoms with E-state index in [1.165, 1.54) is 238 Å². The van der Waals surface area contributed by atoms with Gasteiger partial charge in [0.1, 0.15) is 19.3 Å². The summed E-state index contributed by atoms with van der Waals surface area (Å²) in [6.45, 7) is 11.9. The second kappa shape index (κ2) is 72.3. The summed E-state index contributed by atoms with van der Waals surface area (Å²) in [6, 6.07) is 0. The lowest BCUT2D eigenvalue weighted by molar-refractivity contribution is -0.161. The Morgan fingerprint density at radius 3 is 0.673 bits per heavy atom. The maximum atomic E-state index is 13.1. The summed E-state index contributed by atoms with van der Waals surface area (Å²) in [5.41, 5.74) is 0. The van der Waals surface area contributed by atoms with Gasteiger partial charge in [0.05, 0.1) is 26.4 Å². The summed E-state index contributed by atoms with van der Waals surface area (Å²) in [5.74, 6) is 0.157. The number of ether oxygens (including phenoxy) is 4. The molecule has 3 N–H and O–H groups in total. The molecule has 0 aliphatic rings. The van der Waals surface area contributed by atoms with Gasteiger partial charge >= 0.3 is 39.5 Å². The smallest absolute Gasteiger partial charge is 0.462 e. The van der Waals surface area contributed by atoms with E-state index >= 15 is 0 Å². The molecule has 0 aliphatic heterocycles. The Balaban J connectivity index is 5.23. The van der Waals surface area contributed by atoms with E-state index in [0.29, 0.717) is 25.7 Å². The Labute approximate surface area is 619 Å². The van der Waals surface area contributed by atoms with Crippen molar-refractivity contribution in [2.45, 2.75) is 446 Å². The third-order valence-electron chi connectivity index (χ3n) is 19.1. The fraction of sp³-hybridized carbons (Fsp3) is 0.951. The van der Waals surface area contributed by atoms with Crippen LogP contribution in [-0.2, 0) is 65.4 Å². The maximum Gasteiger partial charge on any atom is 0.472 e. The zero-order valence-corrected chi connectivity index (χ0v) is 68.2. The van der Waals surface area contributed by atoms with Gasteiger partial charge in [-0.3, -0.25) is 37.3 Å². The molecule has 0 spiro atoms. The number of hydrogen-bond donors (Lipinski definition) is 3. The van der Waals surface area contributed by atoms with Crippen molar-refractivity contribution in [1.82, 2.24) is 0 Å². The lowest BCUT2D eigenvalue weighted by Crippen LogP contribution is -2.30. The van der Waals surface area contributed by atoms with E-state index in [-0.39, 0.29) is 25.7 Å². The van der Waals surface area contributed by atoms with Crippen LogP contribution in [0.4, 0.5) is 0 Å². The summed E-state index contributed by atoms with van der Waals surface area (Å²) in [5, 5.41) is 10.6. The van der Waals surface area contributed by atoms with Crippen LogP contribution in [0.5, 0.6) is 0 Å². The van der Waals surface area contributed by atoms with Crippen molar-refractivity contribution in [2.75, 3.05) is 39.6 Å². The summed E-state index contributed by atoms with van der Waals surface area (Å²) in [4.78, 5) is 73.0. The topological polar surface area (TPSA) is 237 Å². The highest BCUT2D eigenvalue weighted by atomic mass is 31.2. The zero-order chi connectivity index (χ0) is 74.4. The first kappa shape index (κ1) is 99.1. The summed E-state index contributed by atoms with van der Waals surface area (Å²) in [6.07, 6.45) is 61.2. The molecule has 0 saturated heterocycles. The molecule has 0 aromatic heterocycles. The standard InChI is InChI=1S/C82H160O17P2/c1-8-9-10-11-12-13-14-15-16-17-18-19-20-23-27-30-35-44-51-58-65-81(86)98-77(69-92-79(84)63-56-49-42-34-29-26-24-21-22-25-28-32-39-46-53-60-73(2)3)71-96-100(88,89)94-67-76(83)68-95-101(90,91)97-72-78(70-93-80(85)64-57-50-43-38-37-41-48-55-62-75(6)7)99-82(87)66-59-52-45-36-31-33-40-47-54-61-74(4)5/h73-78,83H,8-72H2,1-7H3,(H,88,89)(H,90,91)/t76-,77-,78-/m1/s1. The van der Waals surface area contributed by atoms with Crippen LogP contribution in [0, 0.1) is 17.8 Å². The molecule has 19 heteroatoms. The van der Waals surface area contributed by atoms with Crippen molar-refractivity contribution in [3.63, 3.8) is 0 Å². The number of aliphatic hydroxyl groups excluding tert-OH is 1. The molecule has 5 atom stereocenters. The first-order chi connectivity index (χ1) is 48.7. The van der Waals surface area contributed by atoms with Gasteiger partial charge in [0, 0.05) is 25.7 Å². The summed E-state index contributed by atoms with van der Waals surface area (Å²) in [7, 11) is -9.92. The molecule has 17 nitrogen and oxygen atoms in total. The van der Waals surface area contributed by atoms with Gasteiger partial charge in [-0.25, -0.2) is 9.13 Å². The number of carbonyl (C=O) groups is 4. The minimum Gasteiger partial charge on any atom is -0.462 e. The van der Waals surface area contributed by atoms with Crippen molar-refractivity contribution < 1.29 is 80.2 Å². The Bertz CT molecular complexity index is 1960. The highest BCUT2D eigenvalue weighted by Gasteiger charge is 2.30. The van der Waals surface area contributed by atoms with Gasteiger partial charge in [-0.1, -0.05) is 376 Å². The predicted octanol–water partition coefficient (Wildman–Crippen LogP) is 24.5. The van der Waals surface area contributed by atoms with Crippen LogP contribution in [0.1, 0.15) is 427 Å². The van der Waals surface area contributed by atoms with Crippen LogP contribution in [-0.4, -0.2) is 96.7 Å². The number of phosphoric acid groups is 2. The van der Waals surface area contributed by atoms with Gasteiger partial charge in [-0.2, -0.15) is 0 Å². The summed E-state index contributed by atoms with van der Waals surface area (Å²) >= 11 is 0. The Morgan fingerprint density at radius 2 is 0.455 bits per heavy atom. The Morgan fingerprint density at radius 1 is 0.267 bits per heavy atom. The molecule has 0 saturated carbocycles. The SMILES string of the molecule is CCCCCCCCCCCCCCCCCCCCCCC(=O)O[C@H](COC(=O)CCCCCCCCCCCCCCCCCC(C)C)COP(=O)(O)OC[C@@H](O)COP(=O)(O)OC[C@@H](COC(=O)CCCCCCCCCCC(C)C)OC(=O)CCCCCCCCCCCC(C)C. The minimum atomic E-state index is -4.96. The van der Waals surface area contributed by atoms with Crippen LogP contribution >= 0.6 is 15.6 Å². The molecule has 0 aromatic carbocycles. The molecule has 2 unspecified atom stereocenters. The second-order valence-corrected chi connectivity index (χ2v) is 33.8. The van der Waals surface area contributed by atoms with E-state index in [1.54, 1.807) is 0 Å². The molecule has 101 heavy (non-hydrogen) atoms. The monoisotopic (exact) mass is 1480 g/mol. The molecule has 0 bridgehead atoms. The Hall–Kier alpha value is -1.94. The Kier molecular flexibility index (Phi) is 70.9.